The lowest BCUT2D eigenvalue weighted by molar-refractivity contribution is -0.119. The van der Waals surface area contributed by atoms with Gasteiger partial charge in [-0.1, -0.05) is 60.7 Å². The third-order valence-electron chi connectivity index (χ3n) is 3.88. The summed E-state index contributed by atoms with van der Waals surface area (Å²) in [6.45, 7) is 0. The highest BCUT2D eigenvalue weighted by Gasteiger charge is 2.67. The highest BCUT2D eigenvalue weighted by molar-refractivity contribution is 5.82. The van der Waals surface area contributed by atoms with Gasteiger partial charge in [0.15, 0.2) is 17.5 Å². The average Bonchev–Trinajstić information content (AvgIpc) is 2.61. The molecule has 0 aliphatic heterocycles. The highest BCUT2D eigenvalue weighted by Crippen LogP contribution is 2.58. The molecule has 1 aliphatic carbocycles. The van der Waals surface area contributed by atoms with E-state index >= 15 is 0 Å². The van der Waals surface area contributed by atoms with Crippen molar-refractivity contribution in [1.29, 1.82) is 0 Å². The number of benzene rings is 2. The van der Waals surface area contributed by atoms with Crippen molar-refractivity contribution >= 4 is 5.57 Å². The Labute approximate surface area is 133 Å². The van der Waals surface area contributed by atoms with Crippen LogP contribution in [0.5, 0.6) is 0 Å². The van der Waals surface area contributed by atoms with E-state index in [4.69, 9.17) is 0 Å². The average molecular weight is 340 g/mol. The minimum Gasteiger partial charge on any atom is -0.223 e. The van der Waals surface area contributed by atoms with Gasteiger partial charge in [-0.05, 0) is 5.56 Å². The molecule has 0 spiro atoms. The first-order chi connectivity index (χ1) is 11.3. The number of halogens is 6. The molecule has 2 aromatic rings. The summed E-state index contributed by atoms with van der Waals surface area (Å²) in [5.41, 5.74) is -6.70. The zero-order valence-electron chi connectivity index (χ0n) is 12.0. The summed E-state index contributed by atoms with van der Waals surface area (Å²) >= 11 is 0. The van der Waals surface area contributed by atoms with Gasteiger partial charge in [-0.2, -0.15) is 8.78 Å². The lowest BCUT2D eigenvalue weighted by Gasteiger charge is -2.35. The minimum atomic E-state index is -4.90. The van der Waals surface area contributed by atoms with Crippen LogP contribution >= 0.6 is 0 Å². The van der Waals surface area contributed by atoms with Crippen molar-refractivity contribution in [2.24, 2.45) is 0 Å². The van der Waals surface area contributed by atoms with E-state index in [0.29, 0.717) is 0 Å². The molecule has 124 valence electrons. The predicted octanol–water partition coefficient (Wildman–Crippen LogP) is 6.03. The fourth-order valence-corrected chi connectivity index (χ4v) is 2.64. The maximum Gasteiger partial charge on any atom is 0.343 e. The molecule has 24 heavy (non-hydrogen) atoms. The topological polar surface area (TPSA) is 0 Å². The first-order valence-corrected chi connectivity index (χ1v) is 6.96. The smallest absolute Gasteiger partial charge is 0.223 e. The molecule has 0 heterocycles. The Bertz CT molecular complexity index is 823. The zero-order chi connectivity index (χ0) is 17.5. The number of rotatable bonds is 2. The zero-order valence-corrected chi connectivity index (χ0v) is 12.0. The van der Waals surface area contributed by atoms with Gasteiger partial charge in [0.1, 0.15) is 0 Å². The van der Waals surface area contributed by atoms with Crippen molar-refractivity contribution in [3.05, 3.63) is 89.3 Å². The van der Waals surface area contributed by atoms with Gasteiger partial charge >= 0.3 is 5.92 Å². The molecule has 0 amide bonds. The Morgan fingerprint density at radius 2 is 1.12 bits per heavy atom. The maximum atomic E-state index is 15.0. The number of allylic oxidation sites excluding steroid dienone is 4. The van der Waals surface area contributed by atoms with Crippen LogP contribution in [-0.2, 0) is 5.67 Å². The first-order valence-electron chi connectivity index (χ1n) is 6.96. The molecule has 0 bridgehead atoms. The molecular formula is C18H10F6. The molecule has 1 atom stereocenters. The molecule has 0 aromatic heterocycles. The number of hydrogen-bond acceptors (Lipinski definition) is 0. The third kappa shape index (κ3) is 2.09. The molecule has 0 saturated heterocycles. The quantitative estimate of drug-likeness (QED) is 0.586. The van der Waals surface area contributed by atoms with Crippen molar-refractivity contribution in [2.45, 2.75) is 11.6 Å². The predicted molar refractivity (Wildman–Crippen MR) is 77.9 cm³/mol. The SMILES string of the molecule is FC1=C(F)C(F)(c2ccccc2)C(F)(F)C(F)=C1c1ccccc1. The lowest BCUT2D eigenvalue weighted by atomic mass is 9.80. The maximum absolute atomic E-state index is 15.0. The van der Waals surface area contributed by atoms with Crippen LogP contribution in [0.2, 0.25) is 0 Å². The second-order valence-electron chi connectivity index (χ2n) is 5.28. The third-order valence-corrected chi connectivity index (χ3v) is 3.88. The Morgan fingerprint density at radius 3 is 1.67 bits per heavy atom. The summed E-state index contributed by atoms with van der Waals surface area (Å²) in [7, 11) is 0. The summed E-state index contributed by atoms with van der Waals surface area (Å²) in [6.07, 6.45) is 0. The van der Waals surface area contributed by atoms with Gasteiger partial charge in [-0.15, -0.1) is 0 Å². The van der Waals surface area contributed by atoms with Crippen LogP contribution in [0.4, 0.5) is 26.3 Å². The molecule has 1 unspecified atom stereocenters. The van der Waals surface area contributed by atoms with Crippen LogP contribution in [0.1, 0.15) is 11.1 Å². The fraction of sp³-hybridized carbons (Fsp3) is 0.111. The summed E-state index contributed by atoms with van der Waals surface area (Å²) < 4.78 is 86.9. The van der Waals surface area contributed by atoms with Gasteiger partial charge in [0.2, 0.25) is 0 Å². The summed E-state index contributed by atoms with van der Waals surface area (Å²) in [5.74, 6) is -11.6. The van der Waals surface area contributed by atoms with Gasteiger partial charge in [0, 0.05) is 5.56 Å². The van der Waals surface area contributed by atoms with E-state index < -0.39 is 40.2 Å². The molecular weight excluding hydrogens is 330 g/mol. The van der Waals surface area contributed by atoms with E-state index in [-0.39, 0.29) is 5.56 Å². The molecule has 2 aromatic carbocycles. The van der Waals surface area contributed by atoms with Gasteiger partial charge in [0.25, 0.3) is 5.67 Å². The normalized spacial score (nSPS) is 23.6. The van der Waals surface area contributed by atoms with Crippen LogP contribution in [0.15, 0.2) is 78.1 Å². The Balaban J connectivity index is 2.29. The van der Waals surface area contributed by atoms with Gasteiger partial charge in [-0.25, -0.2) is 17.6 Å². The van der Waals surface area contributed by atoms with Crippen LogP contribution in [0.25, 0.3) is 5.57 Å². The van der Waals surface area contributed by atoms with E-state index in [0.717, 1.165) is 24.3 Å². The molecule has 0 nitrogen and oxygen atoms in total. The van der Waals surface area contributed by atoms with Crippen LogP contribution in [-0.4, -0.2) is 5.92 Å². The molecule has 0 saturated carbocycles. The van der Waals surface area contributed by atoms with E-state index in [1.165, 1.54) is 36.4 Å². The summed E-state index contributed by atoms with van der Waals surface area (Å²) in [4.78, 5) is 0. The van der Waals surface area contributed by atoms with Crippen molar-refractivity contribution < 1.29 is 26.3 Å². The summed E-state index contributed by atoms with van der Waals surface area (Å²) in [5, 5.41) is 0. The Morgan fingerprint density at radius 1 is 0.625 bits per heavy atom. The van der Waals surface area contributed by atoms with E-state index in [1.807, 2.05) is 0 Å². The molecule has 6 heteroatoms. The second kappa shape index (κ2) is 5.54. The molecule has 0 N–H and O–H groups in total. The van der Waals surface area contributed by atoms with Crippen molar-refractivity contribution in [3.63, 3.8) is 0 Å². The van der Waals surface area contributed by atoms with Crippen molar-refractivity contribution in [1.82, 2.24) is 0 Å². The molecule has 3 rings (SSSR count). The molecule has 0 fully saturated rings. The number of hydrogen-bond donors (Lipinski definition) is 0. The van der Waals surface area contributed by atoms with Crippen LogP contribution in [0, 0.1) is 0 Å². The molecule has 0 radical (unpaired) electrons. The van der Waals surface area contributed by atoms with Crippen molar-refractivity contribution in [2.75, 3.05) is 0 Å². The minimum absolute atomic E-state index is 0.308. The highest BCUT2D eigenvalue weighted by atomic mass is 19.3. The summed E-state index contributed by atoms with van der Waals surface area (Å²) in [6, 6.07) is 11.9. The van der Waals surface area contributed by atoms with Crippen molar-refractivity contribution in [3.8, 4) is 0 Å². The molecule has 1 aliphatic rings. The van der Waals surface area contributed by atoms with Crippen LogP contribution < -0.4 is 0 Å². The van der Waals surface area contributed by atoms with Gasteiger partial charge in [0.05, 0.1) is 5.57 Å². The fourth-order valence-electron chi connectivity index (χ4n) is 2.64. The Kier molecular flexibility index (Phi) is 3.78. The lowest BCUT2D eigenvalue weighted by Crippen LogP contribution is -2.46. The van der Waals surface area contributed by atoms with E-state index in [2.05, 4.69) is 0 Å². The van der Waals surface area contributed by atoms with Crippen LogP contribution in [0.3, 0.4) is 0 Å². The van der Waals surface area contributed by atoms with E-state index in [1.54, 1.807) is 0 Å². The number of alkyl halides is 3. The standard InChI is InChI=1S/C18H10F6/c19-14-13(11-7-3-1-4-8-11)15(20)18(23,24)17(22,16(14)21)12-9-5-2-6-10-12/h1-10H. The van der Waals surface area contributed by atoms with Gasteiger partial charge in [-0.3, -0.25) is 0 Å². The van der Waals surface area contributed by atoms with Gasteiger partial charge < -0.3 is 0 Å². The monoisotopic (exact) mass is 340 g/mol. The first kappa shape index (κ1) is 16.4. The largest absolute Gasteiger partial charge is 0.343 e. The van der Waals surface area contributed by atoms with E-state index in [9.17, 15) is 26.3 Å². The second-order valence-corrected chi connectivity index (χ2v) is 5.28. The Hall–Kier alpha value is -2.50.